The van der Waals surface area contributed by atoms with E-state index in [-0.39, 0.29) is 32.0 Å². The van der Waals surface area contributed by atoms with Crippen LogP contribution in [0.4, 0.5) is 9.59 Å². The number of carboxylic acids is 1. The quantitative estimate of drug-likeness (QED) is 0.694. The Balaban J connectivity index is 2.25. The van der Waals surface area contributed by atoms with Crippen molar-refractivity contribution in [1.82, 2.24) is 9.80 Å². The molecule has 178 valence electrons. The number of amides is 2. The van der Waals surface area contributed by atoms with Crippen molar-refractivity contribution in [3.8, 4) is 0 Å². The summed E-state index contributed by atoms with van der Waals surface area (Å²) in [7, 11) is 0. The molecule has 2 rings (SSSR count). The van der Waals surface area contributed by atoms with E-state index in [1.807, 2.05) is 44.2 Å². The van der Waals surface area contributed by atoms with Crippen LogP contribution in [0.15, 0.2) is 30.3 Å². The molecule has 8 heteroatoms. The second-order valence-corrected chi connectivity index (χ2v) is 10.2. The van der Waals surface area contributed by atoms with E-state index in [1.165, 1.54) is 4.90 Å². The number of nitrogens with zero attached hydrogens (tertiary/aromatic N) is 2. The Morgan fingerprint density at radius 2 is 1.84 bits per heavy atom. The highest BCUT2D eigenvalue weighted by molar-refractivity contribution is 5.77. The van der Waals surface area contributed by atoms with Gasteiger partial charge in [0.05, 0.1) is 11.5 Å². The van der Waals surface area contributed by atoms with Gasteiger partial charge in [-0.25, -0.2) is 9.59 Å². The minimum absolute atomic E-state index is 0.0162. The zero-order valence-electron chi connectivity index (χ0n) is 20.0. The second-order valence-electron chi connectivity index (χ2n) is 10.2. The van der Waals surface area contributed by atoms with Crippen LogP contribution in [0.5, 0.6) is 0 Å². The summed E-state index contributed by atoms with van der Waals surface area (Å²) >= 11 is 0. The maximum absolute atomic E-state index is 13.1. The monoisotopic (exact) mass is 448 g/mol. The van der Waals surface area contributed by atoms with E-state index in [2.05, 4.69) is 0 Å². The third-order valence-electron chi connectivity index (χ3n) is 5.27. The summed E-state index contributed by atoms with van der Waals surface area (Å²) in [6.45, 7) is 11.5. The summed E-state index contributed by atoms with van der Waals surface area (Å²) in [5.74, 6) is -0.884. The second kappa shape index (κ2) is 10.2. The van der Waals surface area contributed by atoms with Gasteiger partial charge in [-0.05, 0) is 45.6 Å². The zero-order valence-corrected chi connectivity index (χ0v) is 20.0. The highest BCUT2D eigenvalue weighted by atomic mass is 16.6. The highest BCUT2D eigenvalue weighted by Gasteiger charge is 2.47. The molecule has 2 amide bonds. The van der Waals surface area contributed by atoms with Crippen molar-refractivity contribution in [2.45, 2.75) is 66.2 Å². The summed E-state index contributed by atoms with van der Waals surface area (Å²) in [6, 6.07) is 8.85. The number of hydrogen-bond donors (Lipinski definition) is 1. The van der Waals surface area contributed by atoms with E-state index in [9.17, 15) is 19.5 Å². The number of piperidine rings is 1. The van der Waals surface area contributed by atoms with Crippen LogP contribution in [0.2, 0.25) is 0 Å². The van der Waals surface area contributed by atoms with Gasteiger partial charge >= 0.3 is 18.2 Å². The number of carbonyl (C=O) groups is 3. The number of hydrogen-bond acceptors (Lipinski definition) is 5. The molecule has 0 aliphatic carbocycles. The lowest BCUT2D eigenvalue weighted by Crippen LogP contribution is -2.60. The van der Waals surface area contributed by atoms with E-state index in [0.717, 1.165) is 5.56 Å². The first-order chi connectivity index (χ1) is 14.8. The Kier molecular flexibility index (Phi) is 8.15. The average molecular weight is 449 g/mol. The predicted molar refractivity (Wildman–Crippen MR) is 120 cm³/mol. The SMILES string of the molecule is CC(C)CN(C(=O)OCc1ccccc1)C1CN(C(=O)OC(C)(C)C)CC(C)(C(=O)O)C1. The maximum atomic E-state index is 13.1. The van der Waals surface area contributed by atoms with Crippen LogP contribution in [0, 0.1) is 11.3 Å². The first-order valence-electron chi connectivity index (χ1n) is 11.0. The highest BCUT2D eigenvalue weighted by Crippen LogP contribution is 2.34. The third-order valence-corrected chi connectivity index (χ3v) is 5.27. The largest absolute Gasteiger partial charge is 0.481 e. The number of likely N-dealkylation sites (tertiary alicyclic amines) is 1. The molecule has 0 aromatic heterocycles. The van der Waals surface area contributed by atoms with Gasteiger partial charge in [0, 0.05) is 19.6 Å². The normalized spacial score (nSPS) is 21.2. The van der Waals surface area contributed by atoms with Crippen LogP contribution >= 0.6 is 0 Å². The Hall–Kier alpha value is -2.77. The predicted octanol–water partition coefficient (Wildman–Crippen LogP) is 4.38. The summed E-state index contributed by atoms with van der Waals surface area (Å²) in [5, 5.41) is 9.89. The summed E-state index contributed by atoms with van der Waals surface area (Å²) in [5.41, 5.74) is -1.07. The van der Waals surface area contributed by atoms with Crippen molar-refractivity contribution in [3.05, 3.63) is 35.9 Å². The molecule has 0 bridgehead atoms. The van der Waals surface area contributed by atoms with Gasteiger partial charge < -0.3 is 24.4 Å². The van der Waals surface area contributed by atoms with Crippen molar-refractivity contribution in [3.63, 3.8) is 0 Å². The molecule has 8 nitrogen and oxygen atoms in total. The molecular formula is C24H36N2O6. The molecule has 2 unspecified atom stereocenters. The molecule has 1 N–H and O–H groups in total. The van der Waals surface area contributed by atoms with Crippen LogP contribution in [-0.4, -0.2) is 64.3 Å². The van der Waals surface area contributed by atoms with Gasteiger partial charge in [-0.1, -0.05) is 44.2 Å². The Morgan fingerprint density at radius 1 is 1.22 bits per heavy atom. The standard InChI is InChI=1S/C24H36N2O6/c1-17(2)13-26(22(30)31-15-18-10-8-7-9-11-18)19-12-24(6,20(27)28)16-25(14-19)21(29)32-23(3,4)5/h7-11,17,19H,12-16H2,1-6H3,(H,27,28). The number of carbonyl (C=O) groups excluding carboxylic acids is 2. The number of rotatable bonds is 6. The molecule has 32 heavy (non-hydrogen) atoms. The van der Waals surface area contributed by atoms with Crippen molar-refractivity contribution in [1.29, 1.82) is 0 Å². The molecule has 0 spiro atoms. The van der Waals surface area contributed by atoms with Crippen molar-refractivity contribution in [2.24, 2.45) is 11.3 Å². The fourth-order valence-electron chi connectivity index (χ4n) is 3.79. The number of benzene rings is 1. The molecule has 1 aromatic carbocycles. The lowest BCUT2D eigenvalue weighted by atomic mass is 9.79. The molecule has 1 heterocycles. The lowest BCUT2D eigenvalue weighted by molar-refractivity contribution is -0.152. The Bertz CT molecular complexity index is 804. The van der Waals surface area contributed by atoms with Crippen molar-refractivity contribution < 1.29 is 29.0 Å². The van der Waals surface area contributed by atoms with E-state index in [0.29, 0.717) is 6.54 Å². The molecule has 0 radical (unpaired) electrons. The number of carboxylic acid groups (broad SMARTS) is 1. The van der Waals surface area contributed by atoms with Gasteiger partial charge in [0.2, 0.25) is 0 Å². The summed E-state index contributed by atoms with van der Waals surface area (Å²) in [6.07, 6.45) is -0.891. The van der Waals surface area contributed by atoms with Crippen LogP contribution in [-0.2, 0) is 20.9 Å². The van der Waals surface area contributed by atoms with Crippen molar-refractivity contribution >= 4 is 18.2 Å². The van der Waals surface area contributed by atoms with Crippen LogP contribution in [0.25, 0.3) is 0 Å². The van der Waals surface area contributed by atoms with E-state index in [4.69, 9.17) is 9.47 Å². The Labute approximate surface area is 190 Å². The molecule has 0 saturated carbocycles. The first-order valence-corrected chi connectivity index (χ1v) is 11.0. The fraction of sp³-hybridized carbons (Fsp3) is 0.625. The first kappa shape index (κ1) is 25.5. The summed E-state index contributed by atoms with van der Waals surface area (Å²) in [4.78, 5) is 40.9. The molecule has 2 atom stereocenters. The average Bonchev–Trinajstić information content (AvgIpc) is 2.69. The molecule has 1 aromatic rings. The van der Waals surface area contributed by atoms with Crippen LogP contribution in [0.1, 0.15) is 53.5 Å². The fourth-order valence-corrected chi connectivity index (χ4v) is 3.79. The van der Waals surface area contributed by atoms with E-state index in [1.54, 1.807) is 32.6 Å². The number of aliphatic carboxylic acids is 1. The van der Waals surface area contributed by atoms with Gasteiger partial charge in [0.25, 0.3) is 0 Å². The molecular weight excluding hydrogens is 412 g/mol. The van der Waals surface area contributed by atoms with Gasteiger partial charge in [-0.3, -0.25) is 4.79 Å². The minimum atomic E-state index is -1.21. The smallest absolute Gasteiger partial charge is 0.410 e. The van der Waals surface area contributed by atoms with Gasteiger partial charge in [0.15, 0.2) is 0 Å². The minimum Gasteiger partial charge on any atom is -0.481 e. The van der Waals surface area contributed by atoms with E-state index < -0.39 is 35.2 Å². The van der Waals surface area contributed by atoms with Gasteiger partial charge in [-0.15, -0.1) is 0 Å². The van der Waals surface area contributed by atoms with Crippen LogP contribution in [0.3, 0.4) is 0 Å². The zero-order chi connectivity index (χ0) is 24.1. The maximum Gasteiger partial charge on any atom is 0.410 e. The molecule has 1 saturated heterocycles. The lowest BCUT2D eigenvalue weighted by Gasteiger charge is -2.45. The molecule has 1 fully saturated rings. The topological polar surface area (TPSA) is 96.4 Å². The van der Waals surface area contributed by atoms with Crippen molar-refractivity contribution in [2.75, 3.05) is 19.6 Å². The van der Waals surface area contributed by atoms with Gasteiger partial charge in [-0.2, -0.15) is 0 Å². The molecule has 1 aliphatic rings. The van der Waals surface area contributed by atoms with Crippen LogP contribution < -0.4 is 0 Å². The van der Waals surface area contributed by atoms with E-state index >= 15 is 0 Å². The summed E-state index contributed by atoms with van der Waals surface area (Å²) < 4.78 is 11.0. The molecule has 1 aliphatic heterocycles. The van der Waals surface area contributed by atoms with Gasteiger partial charge in [0.1, 0.15) is 12.2 Å². The third kappa shape index (κ3) is 7.14. The Morgan fingerprint density at radius 3 is 2.38 bits per heavy atom. The number of ether oxygens (including phenoxy) is 2.